The van der Waals surface area contributed by atoms with Gasteiger partial charge in [0.15, 0.2) is 0 Å². The van der Waals surface area contributed by atoms with E-state index in [1.807, 2.05) is 6.92 Å². The Balaban J connectivity index is 3.28. The number of rotatable bonds is 2. The Bertz CT molecular complexity index is 297. The zero-order chi connectivity index (χ0) is 10.0. The van der Waals surface area contributed by atoms with Crippen molar-refractivity contribution in [2.45, 2.75) is 20.3 Å². The van der Waals surface area contributed by atoms with Crippen LogP contribution >= 0.6 is 15.9 Å². The van der Waals surface area contributed by atoms with Crippen molar-refractivity contribution in [1.29, 1.82) is 0 Å². The first-order valence-corrected chi connectivity index (χ1v) is 5.01. The quantitative estimate of drug-likeness (QED) is 0.853. The fourth-order valence-corrected chi connectivity index (χ4v) is 1.93. The molecule has 0 unspecified atom stereocenters. The maximum Gasteiger partial charge on any atom is 0.129 e. The number of hydrogen-bond donors (Lipinski definition) is 1. The van der Waals surface area contributed by atoms with Crippen molar-refractivity contribution in [3.8, 4) is 0 Å². The first-order valence-electron chi connectivity index (χ1n) is 4.22. The van der Waals surface area contributed by atoms with Crippen molar-refractivity contribution >= 4 is 15.9 Å². The van der Waals surface area contributed by atoms with Gasteiger partial charge in [0.2, 0.25) is 0 Å². The van der Waals surface area contributed by atoms with Gasteiger partial charge in [-0.3, -0.25) is 0 Å². The average Bonchev–Trinajstić information content (AvgIpc) is 2.09. The van der Waals surface area contributed by atoms with Gasteiger partial charge >= 0.3 is 0 Å². The Morgan fingerprint density at radius 1 is 1.46 bits per heavy atom. The Morgan fingerprint density at radius 2 is 2.08 bits per heavy atom. The summed E-state index contributed by atoms with van der Waals surface area (Å²) >= 11 is 3.39. The molecule has 1 rings (SSSR count). The van der Waals surface area contributed by atoms with Crippen LogP contribution in [0.4, 0.5) is 4.39 Å². The molecular formula is C10H13BrFN. The van der Waals surface area contributed by atoms with Gasteiger partial charge in [0.1, 0.15) is 5.82 Å². The van der Waals surface area contributed by atoms with Gasteiger partial charge in [-0.2, -0.15) is 0 Å². The number of hydrogen-bond acceptors (Lipinski definition) is 1. The molecule has 0 bridgehead atoms. The Hall–Kier alpha value is -0.410. The summed E-state index contributed by atoms with van der Waals surface area (Å²) in [6.45, 7) is 4.14. The van der Waals surface area contributed by atoms with E-state index in [4.69, 9.17) is 5.73 Å². The number of halogens is 2. The third-order valence-electron chi connectivity index (χ3n) is 2.16. The van der Waals surface area contributed by atoms with Crippen molar-refractivity contribution < 1.29 is 4.39 Å². The molecular weight excluding hydrogens is 233 g/mol. The van der Waals surface area contributed by atoms with Gasteiger partial charge in [-0.1, -0.05) is 15.9 Å². The van der Waals surface area contributed by atoms with Crippen LogP contribution in [0.3, 0.4) is 0 Å². The lowest BCUT2D eigenvalue weighted by molar-refractivity contribution is 0.598. The molecule has 0 aliphatic carbocycles. The highest BCUT2D eigenvalue weighted by atomic mass is 79.9. The van der Waals surface area contributed by atoms with E-state index >= 15 is 0 Å². The van der Waals surface area contributed by atoms with E-state index in [0.717, 1.165) is 15.6 Å². The molecule has 0 amide bonds. The van der Waals surface area contributed by atoms with Gasteiger partial charge in [0, 0.05) is 4.47 Å². The number of nitrogens with two attached hydrogens (primary N) is 1. The van der Waals surface area contributed by atoms with Crippen molar-refractivity contribution in [2.75, 3.05) is 6.54 Å². The van der Waals surface area contributed by atoms with E-state index in [1.54, 1.807) is 13.0 Å². The van der Waals surface area contributed by atoms with Crippen molar-refractivity contribution in [2.24, 2.45) is 5.73 Å². The second-order valence-corrected chi connectivity index (χ2v) is 3.99. The fourth-order valence-electron chi connectivity index (χ4n) is 1.35. The van der Waals surface area contributed by atoms with Crippen molar-refractivity contribution in [3.05, 3.63) is 33.0 Å². The number of benzene rings is 1. The fraction of sp³-hybridized carbons (Fsp3) is 0.400. The van der Waals surface area contributed by atoms with E-state index in [0.29, 0.717) is 18.5 Å². The van der Waals surface area contributed by atoms with E-state index in [2.05, 4.69) is 15.9 Å². The molecule has 2 N–H and O–H groups in total. The molecule has 1 aromatic carbocycles. The molecule has 0 atom stereocenters. The summed E-state index contributed by atoms with van der Waals surface area (Å²) in [5, 5.41) is 0. The maximum absolute atomic E-state index is 13.6. The minimum atomic E-state index is -0.119. The highest BCUT2D eigenvalue weighted by Crippen LogP contribution is 2.25. The molecule has 1 nitrogen and oxygen atoms in total. The van der Waals surface area contributed by atoms with Crippen LogP contribution in [0, 0.1) is 19.7 Å². The highest BCUT2D eigenvalue weighted by molar-refractivity contribution is 9.10. The van der Waals surface area contributed by atoms with Gasteiger partial charge in [-0.05, 0) is 49.6 Å². The van der Waals surface area contributed by atoms with Crippen LogP contribution in [-0.4, -0.2) is 6.54 Å². The maximum atomic E-state index is 13.6. The molecule has 1 aromatic rings. The second-order valence-electron chi connectivity index (χ2n) is 3.13. The third kappa shape index (κ3) is 2.09. The SMILES string of the molecule is Cc1cc(Br)c(C)c(CCN)c1F. The van der Waals surface area contributed by atoms with Gasteiger partial charge < -0.3 is 5.73 Å². The van der Waals surface area contributed by atoms with E-state index in [1.165, 1.54) is 0 Å². The first-order chi connectivity index (χ1) is 6.07. The molecule has 0 saturated carbocycles. The molecule has 0 fully saturated rings. The standard InChI is InChI=1S/C10H13BrFN/c1-6-5-9(11)7(2)8(3-4-13)10(6)12/h5H,3-4,13H2,1-2H3. The molecule has 13 heavy (non-hydrogen) atoms. The van der Waals surface area contributed by atoms with E-state index < -0.39 is 0 Å². The summed E-state index contributed by atoms with van der Waals surface area (Å²) in [5.74, 6) is -0.119. The Kier molecular flexibility index (Phi) is 3.45. The summed E-state index contributed by atoms with van der Waals surface area (Å²) in [4.78, 5) is 0. The summed E-state index contributed by atoms with van der Waals surface area (Å²) in [6.07, 6.45) is 0.595. The van der Waals surface area contributed by atoms with Gasteiger partial charge in [0.25, 0.3) is 0 Å². The molecule has 0 spiro atoms. The molecule has 0 aliphatic heterocycles. The topological polar surface area (TPSA) is 26.0 Å². The lowest BCUT2D eigenvalue weighted by Gasteiger charge is -2.10. The van der Waals surface area contributed by atoms with Crippen LogP contribution in [-0.2, 0) is 6.42 Å². The van der Waals surface area contributed by atoms with Crippen LogP contribution in [0.1, 0.15) is 16.7 Å². The van der Waals surface area contributed by atoms with Crippen LogP contribution in [0.15, 0.2) is 10.5 Å². The second kappa shape index (κ2) is 4.20. The van der Waals surface area contributed by atoms with Crippen LogP contribution in [0.5, 0.6) is 0 Å². The van der Waals surface area contributed by atoms with Crippen molar-refractivity contribution in [1.82, 2.24) is 0 Å². The molecule has 72 valence electrons. The Morgan fingerprint density at radius 3 is 2.62 bits per heavy atom. The normalized spacial score (nSPS) is 10.5. The Labute approximate surface area is 86.3 Å². The first kappa shape index (κ1) is 10.7. The van der Waals surface area contributed by atoms with Crippen LogP contribution < -0.4 is 5.73 Å². The molecule has 0 heterocycles. The lowest BCUT2D eigenvalue weighted by Crippen LogP contribution is -2.07. The van der Waals surface area contributed by atoms with Crippen LogP contribution in [0.25, 0.3) is 0 Å². The molecule has 3 heteroatoms. The zero-order valence-corrected chi connectivity index (χ0v) is 9.41. The van der Waals surface area contributed by atoms with Gasteiger partial charge in [-0.15, -0.1) is 0 Å². The highest BCUT2D eigenvalue weighted by Gasteiger charge is 2.10. The average molecular weight is 246 g/mol. The van der Waals surface area contributed by atoms with E-state index in [-0.39, 0.29) is 5.82 Å². The van der Waals surface area contributed by atoms with Gasteiger partial charge in [-0.25, -0.2) is 4.39 Å². The number of aryl methyl sites for hydroxylation is 1. The minimum Gasteiger partial charge on any atom is -0.330 e. The minimum absolute atomic E-state index is 0.119. The predicted molar refractivity (Wildman–Crippen MR) is 56.3 cm³/mol. The largest absolute Gasteiger partial charge is 0.330 e. The summed E-state index contributed by atoms with van der Waals surface area (Å²) < 4.78 is 14.5. The smallest absolute Gasteiger partial charge is 0.129 e. The zero-order valence-electron chi connectivity index (χ0n) is 7.82. The summed E-state index contributed by atoms with van der Waals surface area (Å²) in [7, 11) is 0. The van der Waals surface area contributed by atoms with Crippen molar-refractivity contribution in [3.63, 3.8) is 0 Å². The van der Waals surface area contributed by atoms with Gasteiger partial charge in [0.05, 0.1) is 0 Å². The lowest BCUT2D eigenvalue weighted by atomic mass is 10.0. The van der Waals surface area contributed by atoms with Crippen LogP contribution in [0.2, 0.25) is 0 Å². The monoisotopic (exact) mass is 245 g/mol. The third-order valence-corrected chi connectivity index (χ3v) is 2.98. The van der Waals surface area contributed by atoms with E-state index in [9.17, 15) is 4.39 Å². The molecule has 0 aromatic heterocycles. The summed E-state index contributed by atoms with van der Waals surface area (Å²) in [6, 6.07) is 1.80. The molecule has 0 radical (unpaired) electrons. The predicted octanol–water partition coefficient (Wildman–Crippen LogP) is 2.71. The molecule has 0 aliphatic rings. The summed E-state index contributed by atoms with van der Waals surface area (Å²) in [5.41, 5.74) is 7.77. The molecule has 0 saturated heterocycles.